The topological polar surface area (TPSA) is 81.2 Å². The second-order valence-electron chi connectivity index (χ2n) is 6.79. The van der Waals surface area contributed by atoms with E-state index in [9.17, 15) is 8.42 Å². The molecule has 1 fully saturated rings. The Morgan fingerprint density at radius 1 is 1.00 bits per heavy atom. The number of halogens is 1. The molecule has 2 heterocycles. The second kappa shape index (κ2) is 8.45. The van der Waals surface area contributed by atoms with Gasteiger partial charge in [0.25, 0.3) is 0 Å². The number of hydrogen-bond donors (Lipinski definition) is 1. The van der Waals surface area contributed by atoms with E-state index < -0.39 is 10.0 Å². The largest absolute Gasteiger partial charge is 0.330 e. The lowest BCUT2D eigenvalue weighted by molar-refractivity contribution is 0.459. The summed E-state index contributed by atoms with van der Waals surface area (Å²) < 4.78 is 29.4. The molecule has 2 N–H and O–H groups in total. The Balaban J connectivity index is 0.00000225. The van der Waals surface area contributed by atoms with E-state index in [1.54, 1.807) is 10.9 Å². The van der Waals surface area contributed by atoms with Crippen LogP contribution in [0.15, 0.2) is 78.0 Å². The molecule has 4 rings (SSSR count). The highest BCUT2D eigenvalue weighted by molar-refractivity contribution is 7.89. The van der Waals surface area contributed by atoms with Gasteiger partial charge in [0, 0.05) is 19.0 Å². The Bertz CT molecular complexity index is 1010. The molecule has 6 nitrogen and oxygen atoms in total. The molecule has 0 amide bonds. The molecule has 1 aromatic heterocycles. The van der Waals surface area contributed by atoms with Gasteiger partial charge in [0.1, 0.15) is 4.90 Å². The Morgan fingerprint density at radius 2 is 1.64 bits per heavy atom. The molecule has 0 radical (unpaired) electrons. The second-order valence-corrected chi connectivity index (χ2v) is 8.73. The highest BCUT2D eigenvalue weighted by Crippen LogP contribution is 2.35. The zero-order valence-corrected chi connectivity index (χ0v) is 16.9. The minimum Gasteiger partial charge on any atom is -0.330 e. The van der Waals surface area contributed by atoms with Gasteiger partial charge >= 0.3 is 0 Å². The molecule has 8 heteroatoms. The monoisotopic (exact) mass is 418 g/mol. The van der Waals surface area contributed by atoms with Crippen LogP contribution in [-0.2, 0) is 10.0 Å². The van der Waals surface area contributed by atoms with Crippen LogP contribution in [0.5, 0.6) is 0 Å². The molecule has 148 valence electrons. The summed E-state index contributed by atoms with van der Waals surface area (Å²) in [5, 5.41) is 4.23. The lowest BCUT2D eigenvalue weighted by Gasteiger charge is -2.16. The quantitative estimate of drug-likeness (QED) is 0.690. The molecule has 2 atom stereocenters. The van der Waals surface area contributed by atoms with Crippen molar-refractivity contribution in [1.29, 1.82) is 0 Å². The van der Waals surface area contributed by atoms with E-state index in [2.05, 4.69) is 5.10 Å². The zero-order valence-electron chi connectivity index (χ0n) is 15.3. The smallest absolute Gasteiger partial charge is 0.246 e. The fourth-order valence-corrected chi connectivity index (χ4v) is 5.11. The summed E-state index contributed by atoms with van der Waals surface area (Å²) in [7, 11) is -3.62. The molecular weight excluding hydrogens is 396 g/mol. The van der Waals surface area contributed by atoms with E-state index in [-0.39, 0.29) is 29.1 Å². The van der Waals surface area contributed by atoms with Crippen LogP contribution in [0, 0.1) is 5.92 Å². The van der Waals surface area contributed by atoms with Crippen molar-refractivity contribution < 1.29 is 8.42 Å². The first-order valence-corrected chi connectivity index (χ1v) is 10.4. The van der Waals surface area contributed by atoms with E-state index in [0.717, 1.165) is 11.3 Å². The third-order valence-electron chi connectivity index (χ3n) is 5.16. The summed E-state index contributed by atoms with van der Waals surface area (Å²) in [4.78, 5) is 0.204. The van der Waals surface area contributed by atoms with E-state index in [1.165, 1.54) is 10.5 Å². The molecule has 2 aromatic carbocycles. The molecule has 28 heavy (non-hydrogen) atoms. The lowest BCUT2D eigenvalue weighted by atomic mass is 9.89. The van der Waals surface area contributed by atoms with Crippen molar-refractivity contribution in [3.8, 4) is 5.69 Å². The third-order valence-corrected chi connectivity index (χ3v) is 6.94. The molecular formula is C20H23ClN4O2S. The van der Waals surface area contributed by atoms with Crippen LogP contribution >= 0.6 is 12.4 Å². The van der Waals surface area contributed by atoms with E-state index in [1.807, 2.05) is 60.7 Å². The number of aromatic nitrogens is 2. The van der Waals surface area contributed by atoms with Crippen molar-refractivity contribution in [2.75, 3.05) is 19.6 Å². The third kappa shape index (κ3) is 3.84. The summed E-state index contributed by atoms with van der Waals surface area (Å²) in [5.74, 6) is 0.210. The van der Waals surface area contributed by atoms with Crippen molar-refractivity contribution >= 4 is 22.4 Å². The maximum absolute atomic E-state index is 13.1. The minimum absolute atomic E-state index is 0. The Hall–Kier alpha value is -2.19. The van der Waals surface area contributed by atoms with Gasteiger partial charge in [0.15, 0.2) is 0 Å². The van der Waals surface area contributed by atoms with Gasteiger partial charge < -0.3 is 5.73 Å². The summed E-state index contributed by atoms with van der Waals surface area (Å²) in [6.07, 6.45) is 2.98. The highest BCUT2D eigenvalue weighted by atomic mass is 35.5. The SMILES string of the molecule is Cl.NC[C@@H]1CN(S(=O)(=O)c2cnn(-c3ccccc3)c2)C[C@H]1c1ccccc1. The van der Waals surface area contributed by atoms with Crippen molar-refractivity contribution in [2.24, 2.45) is 11.7 Å². The fourth-order valence-electron chi connectivity index (χ4n) is 3.66. The number of nitrogens with two attached hydrogens (primary N) is 1. The number of hydrogen-bond acceptors (Lipinski definition) is 4. The van der Waals surface area contributed by atoms with Crippen LogP contribution in [-0.4, -0.2) is 42.1 Å². The first-order chi connectivity index (χ1) is 13.1. The lowest BCUT2D eigenvalue weighted by Crippen LogP contribution is -2.29. The first kappa shape index (κ1) is 20.5. The number of benzene rings is 2. The molecule has 0 aliphatic carbocycles. The number of rotatable bonds is 5. The normalized spacial score (nSPS) is 20.0. The van der Waals surface area contributed by atoms with Crippen LogP contribution in [0.1, 0.15) is 11.5 Å². The van der Waals surface area contributed by atoms with E-state index in [0.29, 0.717) is 19.6 Å². The maximum Gasteiger partial charge on any atom is 0.246 e. The van der Waals surface area contributed by atoms with Crippen molar-refractivity contribution in [3.05, 3.63) is 78.6 Å². The minimum atomic E-state index is -3.62. The maximum atomic E-state index is 13.1. The van der Waals surface area contributed by atoms with Crippen LogP contribution in [0.4, 0.5) is 0 Å². The van der Waals surface area contributed by atoms with Gasteiger partial charge in [-0.1, -0.05) is 48.5 Å². The summed E-state index contributed by atoms with van der Waals surface area (Å²) in [6, 6.07) is 19.4. The van der Waals surface area contributed by atoms with Crippen LogP contribution in [0.25, 0.3) is 5.69 Å². The number of sulfonamides is 1. The molecule has 1 aliphatic heterocycles. The van der Waals surface area contributed by atoms with Gasteiger partial charge in [-0.2, -0.15) is 9.40 Å². The molecule has 3 aromatic rings. The van der Waals surface area contributed by atoms with Gasteiger partial charge in [0.2, 0.25) is 10.0 Å². The zero-order chi connectivity index (χ0) is 18.9. The van der Waals surface area contributed by atoms with Crippen molar-refractivity contribution in [2.45, 2.75) is 10.8 Å². The Labute approximate surface area is 171 Å². The van der Waals surface area contributed by atoms with E-state index in [4.69, 9.17) is 5.73 Å². The molecule has 1 aliphatic rings. The van der Waals surface area contributed by atoms with Crippen LogP contribution < -0.4 is 5.73 Å². The average Bonchev–Trinajstić information content (AvgIpc) is 3.37. The fraction of sp³-hybridized carbons (Fsp3) is 0.250. The van der Waals surface area contributed by atoms with Crippen molar-refractivity contribution in [1.82, 2.24) is 14.1 Å². The van der Waals surface area contributed by atoms with Gasteiger partial charge in [0.05, 0.1) is 18.1 Å². The van der Waals surface area contributed by atoms with Crippen LogP contribution in [0.2, 0.25) is 0 Å². The van der Waals surface area contributed by atoms with Gasteiger partial charge in [-0.25, -0.2) is 13.1 Å². The average molecular weight is 419 g/mol. The van der Waals surface area contributed by atoms with Crippen LogP contribution in [0.3, 0.4) is 0 Å². The summed E-state index contributed by atoms with van der Waals surface area (Å²) in [5.41, 5.74) is 7.90. The molecule has 0 spiro atoms. The summed E-state index contributed by atoms with van der Waals surface area (Å²) >= 11 is 0. The van der Waals surface area contributed by atoms with Crippen molar-refractivity contribution in [3.63, 3.8) is 0 Å². The van der Waals surface area contributed by atoms with Gasteiger partial charge in [-0.3, -0.25) is 0 Å². The summed E-state index contributed by atoms with van der Waals surface area (Å²) in [6.45, 7) is 1.31. The van der Waals surface area contributed by atoms with Gasteiger partial charge in [-0.15, -0.1) is 12.4 Å². The van der Waals surface area contributed by atoms with E-state index >= 15 is 0 Å². The standard InChI is InChI=1S/C20H22N4O2S.ClH/c21-11-17-13-23(15-20(17)16-7-3-1-4-8-16)27(25,26)19-12-22-24(14-19)18-9-5-2-6-10-18;/h1-10,12,14,17,20H,11,13,15,21H2;1H/t17-,20+;/m1./s1. The Kier molecular flexibility index (Phi) is 6.20. The highest BCUT2D eigenvalue weighted by Gasteiger charge is 2.39. The Morgan fingerprint density at radius 3 is 2.29 bits per heavy atom. The molecule has 0 unspecified atom stereocenters. The number of nitrogens with zero attached hydrogens (tertiary/aromatic N) is 3. The molecule has 0 saturated carbocycles. The molecule has 1 saturated heterocycles. The predicted molar refractivity (Wildman–Crippen MR) is 111 cm³/mol. The molecule has 0 bridgehead atoms. The number of para-hydroxylation sites is 1. The predicted octanol–water partition coefficient (Wildman–Crippen LogP) is 2.66. The van der Waals surface area contributed by atoms with Gasteiger partial charge in [-0.05, 0) is 30.2 Å². The first-order valence-electron chi connectivity index (χ1n) is 8.95.